The first-order valence-electron chi connectivity index (χ1n) is 11.4. The number of methoxy groups -OCH3 is 1. The molecule has 2 fully saturated rings. The van der Waals surface area contributed by atoms with Gasteiger partial charge in [0.05, 0.1) is 18.8 Å². The maximum Gasteiger partial charge on any atom is 0.325 e. The van der Waals surface area contributed by atoms with Gasteiger partial charge in [0.2, 0.25) is 0 Å². The van der Waals surface area contributed by atoms with E-state index in [1.807, 2.05) is 25.1 Å². The molecule has 2 aliphatic heterocycles. The lowest BCUT2D eigenvalue weighted by molar-refractivity contribution is -0.134. The Morgan fingerprint density at radius 1 is 1.18 bits per heavy atom. The first-order chi connectivity index (χ1) is 15.9. The fourth-order valence-electron chi connectivity index (χ4n) is 5.04. The minimum Gasteiger partial charge on any atom is -0.383 e. The van der Waals surface area contributed by atoms with E-state index in [-0.39, 0.29) is 37.2 Å². The lowest BCUT2D eigenvalue weighted by Crippen LogP contribution is -2.57. The average Bonchev–Trinajstić information content (AvgIpc) is 3.02. The molecular weight excluding hydrogens is 423 g/mol. The van der Waals surface area contributed by atoms with Gasteiger partial charge in [-0.25, -0.2) is 9.18 Å². The molecule has 1 N–H and O–H groups in total. The number of carbonyl (C=O) groups is 2. The summed E-state index contributed by atoms with van der Waals surface area (Å²) < 4.78 is 19.0. The quantitative estimate of drug-likeness (QED) is 0.621. The molecule has 0 unspecified atom stereocenters. The molecule has 2 aromatic rings. The zero-order chi connectivity index (χ0) is 23.4. The molecule has 7 nitrogen and oxygen atoms in total. The van der Waals surface area contributed by atoms with E-state index in [0.29, 0.717) is 5.56 Å². The number of likely N-dealkylation sites (tertiary alicyclic amines) is 1. The molecule has 33 heavy (non-hydrogen) atoms. The molecule has 1 atom stereocenters. The highest BCUT2D eigenvalue weighted by atomic mass is 19.1. The second-order valence-corrected chi connectivity index (χ2v) is 8.98. The van der Waals surface area contributed by atoms with Gasteiger partial charge in [-0.3, -0.25) is 19.6 Å². The Labute approximate surface area is 193 Å². The maximum atomic E-state index is 13.9. The predicted molar refractivity (Wildman–Crippen MR) is 122 cm³/mol. The van der Waals surface area contributed by atoms with Crippen LogP contribution in [0.4, 0.5) is 9.18 Å². The minimum atomic E-state index is -1.08. The van der Waals surface area contributed by atoms with E-state index in [9.17, 15) is 14.0 Å². The summed E-state index contributed by atoms with van der Waals surface area (Å²) >= 11 is 0. The molecule has 2 aliphatic rings. The van der Waals surface area contributed by atoms with E-state index in [1.54, 1.807) is 12.1 Å². The molecule has 0 aliphatic carbocycles. The summed E-state index contributed by atoms with van der Waals surface area (Å²) in [6.07, 6.45) is 1.78. The van der Waals surface area contributed by atoms with Gasteiger partial charge in [-0.1, -0.05) is 18.2 Å². The molecule has 0 radical (unpaired) electrons. The van der Waals surface area contributed by atoms with Gasteiger partial charge in [-0.15, -0.1) is 0 Å². The Hall–Kier alpha value is -2.84. The third-order valence-corrected chi connectivity index (χ3v) is 6.71. The van der Waals surface area contributed by atoms with Crippen LogP contribution in [0.3, 0.4) is 0 Å². The van der Waals surface area contributed by atoms with Crippen molar-refractivity contribution in [3.05, 3.63) is 65.2 Å². The van der Waals surface area contributed by atoms with E-state index in [1.165, 1.54) is 24.1 Å². The molecule has 4 rings (SSSR count). The molecule has 2 saturated heterocycles. The van der Waals surface area contributed by atoms with Crippen LogP contribution in [0.1, 0.15) is 29.8 Å². The summed E-state index contributed by atoms with van der Waals surface area (Å²) in [5, 5.41) is 3.01. The summed E-state index contributed by atoms with van der Waals surface area (Å²) in [5.41, 5.74) is 1.64. The van der Waals surface area contributed by atoms with Gasteiger partial charge in [-0.05, 0) is 68.6 Å². The molecule has 0 saturated carbocycles. The Morgan fingerprint density at radius 3 is 2.64 bits per heavy atom. The molecule has 176 valence electrons. The van der Waals surface area contributed by atoms with Crippen molar-refractivity contribution in [1.29, 1.82) is 0 Å². The monoisotopic (exact) mass is 454 g/mol. The summed E-state index contributed by atoms with van der Waals surface area (Å²) in [6, 6.07) is 11.9. The summed E-state index contributed by atoms with van der Waals surface area (Å²) in [6.45, 7) is 4.81. The Morgan fingerprint density at radius 2 is 1.94 bits per heavy atom. The smallest absolute Gasteiger partial charge is 0.325 e. The molecule has 0 bridgehead atoms. The number of hydrogen-bond acceptors (Lipinski definition) is 5. The molecule has 1 aromatic heterocycles. The van der Waals surface area contributed by atoms with Crippen molar-refractivity contribution >= 4 is 11.9 Å². The van der Waals surface area contributed by atoms with Gasteiger partial charge in [0.25, 0.3) is 5.91 Å². The zero-order valence-corrected chi connectivity index (χ0v) is 19.2. The van der Waals surface area contributed by atoms with Crippen LogP contribution in [0, 0.1) is 18.7 Å². The normalized spacial score (nSPS) is 22.1. The highest BCUT2D eigenvalue weighted by molar-refractivity contribution is 6.07. The van der Waals surface area contributed by atoms with Crippen LogP contribution in [-0.2, 0) is 22.5 Å². The number of aromatic nitrogens is 1. The first-order valence-corrected chi connectivity index (χ1v) is 11.4. The van der Waals surface area contributed by atoms with Gasteiger partial charge >= 0.3 is 6.03 Å². The number of urea groups is 1. The zero-order valence-electron chi connectivity index (χ0n) is 19.2. The van der Waals surface area contributed by atoms with E-state index in [2.05, 4.69) is 15.2 Å². The SMILES string of the molecule is COCCN1C(=O)N[C@](Cc2cccc(F)c2)(C2CCN(Cc3cccc(C)n3)CC2)C1=O. The van der Waals surface area contributed by atoms with Crippen LogP contribution in [0.15, 0.2) is 42.5 Å². The van der Waals surface area contributed by atoms with Crippen LogP contribution in [0.25, 0.3) is 0 Å². The van der Waals surface area contributed by atoms with Gasteiger partial charge in [0.1, 0.15) is 11.4 Å². The number of carbonyl (C=O) groups excluding carboxylic acids is 2. The van der Waals surface area contributed by atoms with Crippen molar-refractivity contribution in [2.75, 3.05) is 33.4 Å². The third-order valence-electron chi connectivity index (χ3n) is 6.71. The van der Waals surface area contributed by atoms with E-state index < -0.39 is 11.6 Å². The van der Waals surface area contributed by atoms with Crippen LogP contribution in [0.2, 0.25) is 0 Å². The molecule has 3 heterocycles. The number of imide groups is 1. The molecule has 8 heteroatoms. The first kappa shape index (κ1) is 23.3. The number of rotatable bonds is 8. The summed E-state index contributed by atoms with van der Waals surface area (Å²) in [7, 11) is 1.54. The van der Waals surface area contributed by atoms with Crippen molar-refractivity contribution in [3.63, 3.8) is 0 Å². The average molecular weight is 455 g/mol. The molecule has 1 aromatic carbocycles. The molecular formula is C25H31FN4O3. The van der Waals surface area contributed by atoms with Crippen molar-refractivity contribution in [2.24, 2.45) is 5.92 Å². The molecule has 3 amide bonds. The predicted octanol–water partition coefficient (Wildman–Crippen LogP) is 2.92. The van der Waals surface area contributed by atoms with Crippen LogP contribution >= 0.6 is 0 Å². The largest absolute Gasteiger partial charge is 0.383 e. The highest BCUT2D eigenvalue weighted by Crippen LogP contribution is 2.36. The lowest BCUT2D eigenvalue weighted by Gasteiger charge is -2.41. The van der Waals surface area contributed by atoms with Crippen molar-refractivity contribution in [3.8, 4) is 0 Å². The number of amides is 3. The van der Waals surface area contributed by atoms with E-state index in [4.69, 9.17) is 4.74 Å². The second kappa shape index (κ2) is 9.97. The van der Waals surface area contributed by atoms with Crippen LogP contribution in [0.5, 0.6) is 0 Å². The van der Waals surface area contributed by atoms with Crippen LogP contribution < -0.4 is 5.32 Å². The number of pyridine rings is 1. The second-order valence-electron chi connectivity index (χ2n) is 8.98. The van der Waals surface area contributed by atoms with Gasteiger partial charge in [-0.2, -0.15) is 0 Å². The Bertz CT molecular complexity index is 1010. The van der Waals surface area contributed by atoms with E-state index in [0.717, 1.165) is 43.9 Å². The fraction of sp³-hybridized carbons (Fsp3) is 0.480. The fourth-order valence-corrected chi connectivity index (χ4v) is 5.04. The Kier molecular flexibility index (Phi) is 7.05. The number of piperidine rings is 1. The number of aryl methyl sites for hydroxylation is 1. The third kappa shape index (κ3) is 5.07. The Balaban J connectivity index is 1.53. The van der Waals surface area contributed by atoms with Crippen molar-refractivity contribution < 1.29 is 18.7 Å². The van der Waals surface area contributed by atoms with Crippen LogP contribution in [-0.4, -0.2) is 65.6 Å². The van der Waals surface area contributed by atoms with Crippen molar-refractivity contribution in [2.45, 2.75) is 38.3 Å². The van der Waals surface area contributed by atoms with Gasteiger partial charge < -0.3 is 10.1 Å². The number of ether oxygens (including phenoxy) is 1. The minimum absolute atomic E-state index is 0.0496. The van der Waals surface area contributed by atoms with Gasteiger partial charge in [0, 0.05) is 25.8 Å². The number of nitrogens with zero attached hydrogens (tertiary/aromatic N) is 3. The van der Waals surface area contributed by atoms with Gasteiger partial charge in [0.15, 0.2) is 0 Å². The summed E-state index contributed by atoms with van der Waals surface area (Å²) in [4.78, 5) is 34.6. The maximum absolute atomic E-state index is 13.9. The number of hydrogen-bond donors (Lipinski definition) is 1. The topological polar surface area (TPSA) is 74.8 Å². The number of halogens is 1. The standard InChI is InChI=1S/C25H31FN4O3/c1-18-5-3-8-22(27-18)17-29-11-9-20(10-12-29)25(16-19-6-4-7-21(26)15-19)23(31)30(13-14-33-2)24(32)28-25/h3-8,15,20H,9-14,16-17H2,1-2H3,(H,28,32)/t25-/m1/s1. The number of benzene rings is 1. The molecule has 0 spiro atoms. The van der Waals surface area contributed by atoms with E-state index >= 15 is 0 Å². The summed E-state index contributed by atoms with van der Waals surface area (Å²) in [5.74, 6) is -0.643. The van der Waals surface area contributed by atoms with Crippen molar-refractivity contribution in [1.82, 2.24) is 20.1 Å². The highest BCUT2D eigenvalue weighted by Gasteiger charge is 2.55. The number of nitrogens with one attached hydrogen (secondary N) is 1. The lowest BCUT2D eigenvalue weighted by atomic mass is 9.74.